The highest BCUT2D eigenvalue weighted by molar-refractivity contribution is 5.22. The highest BCUT2D eigenvalue weighted by atomic mass is 19.4. The third-order valence-corrected chi connectivity index (χ3v) is 2.31. The van der Waals surface area contributed by atoms with Crippen molar-refractivity contribution in [3.8, 4) is 0 Å². The van der Waals surface area contributed by atoms with Gasteiger partial charge in [0.1, 0.15) is 0 Å². The Labute approximate surface area is 86.1 Å². The maximum Gasteiger partial charge on any atom is 0.397 e. The normalized spacial score (nSPS) is 14.3. The smallest absolute Gasteiger partial charge is 0.330 e. The van der Waals surface area contributed by atoms with E-state index in [0.29, 0.717) is 12.2 Å². The van der Waals surface area contributed by atoms with Crippen LogP contribution in [0.3, 0.4) is 0 Å². The minimum atomic E-state index is -4.30. The molecule has 1 atom stereocenters. The number of alkyl halides is 3. The fourth-order valence-electron chi connectivity index (χ4n) is 1.47. The fraction of sp³-hybridized carbons (Fsp3) is 0.667. The van der Waals surface area contributed by atoms with Crippen LogP contribution in [0.15, 0.2) is 6.20 Å². The molecule has 0 saturated heterocycles. The van der Waals surface area contributed by atoms with Gasteiger partial charge >= 0.3 is 6.18 Å². The molecule has 0 saturated carbocycles. The van der Waals surface area contributed by atoms with Gasteiger partial charge in [-0.1, -0.05) is 0 Å². The topological polar surface area (TPSA) is 43.8 Å². The zero-order valence-corrected chi connectivity index (χ0v) is 8.67. The Kier molecular flexibility index (Phi) is 3.38. The van der Waals surface area contributed by atoms with E-state index in [1.165, 1.54) is 10.9 Å². The van der Waals surface area contributed by atoms with Gasteiger partial charge in [-0.3, -0.25) is 4.68 Å². The molecular formula is C9H14F3N3. The molecule has 1 aromatic rings. The molecule has 6 heteroatoms. The van der Waals surface area contributed by atoms with E-state index in [2.05, 4.69) is 5.10 Å². The molecule has 0 aromatic carbocycles. The quantitative estimate of drug-likeness (QED) is 0.846. The molecule has 0 radical (unpaired) electrons. The minimum Gasteiger partial charge on any atom is -0.330 e. The van der Waals surface area contributed by atoms with Gasteiger partial charge in [-0.25, -0.2) is 0 Å². The summed E-state index contributed by atoms with van der Waals surface area (Å²) in [5.41, 5.74) is 5.72. The highest BCUT2D eigenvalue weighted by Crippen LogP contribution is 2.35. The second-order valence-corrected chi connectivity index (χ2v) is 3.36. The van der Waals surface area contributed by atoms with Gasteiger partial charge in [-0.05, 0) is 13.8 Å². The molecule has 1 aromatic heterocycles. The van der Waals surface area contributed by atoms with Crippen molar-refractivity contribution in [3.05, 3.63) is 17.5 Å². The van der Waals surface area contributed by atoms with Crippen LogP contribution in [-0.4, -0.2) is 22.5 Å². The van der Waals surface area contributed by atoms with Gasteiger partial charge in [-0.15, -0.1) is 0 Å². The standard InChI is InChI=1S/C9H14F3N3/c1-3-15-5-7(6(2)14-15)8(4-13)9(10,11)12/h5,8H,3-4,13H2,1-2H3. The highest BCUT2D eigenvalue weighted by Gasteiger charge is 2.41. The molecule has 3 nitrogen and oxygen atoms in total. The summed E-state index contributed by atoms with van der Waals surface area (Å²) in [6.45, 7) is 3.49. The maximum atomic E-state index is 12.6. The number of aromatic nitrogens is 2. The summed E-state index contributed by atoms with van der Waals surface area (Å²) in [6.07, 6.45) is -2.89. The zero-order valence-electron chi connectivity index (χ0n) is 8.67. The molecule has 1 unspecified atom stereocenters. The molecule has 1 heterocycles. The molecule has 0 aliphatic rings. The Morgan fingerprint density at radius 3 is 2.47 bits per heavy atom. The lowest BCUT2D eigenvalue weighted by molar-refractivity contribution is -0.148. The third kappa shape index (κ3) is 2.50. The Hall–Kier alpha value is -1.04. The third-order valence-electron chi connectivity index (χ3n) is 2.31. The van der Waals surface area contributed by atoms with Gasteiger partial charge in [0, 0.05) is 24.8 Å². The lowest BCUT2D eigenvalue weighted by Crippen LogP contribution is -2.28. The van der Waals surface area contributed by atoms with Crippen LogP contribution in [-0.2, 0) is 6.54 Å². The van der Waals surface area contributed by atoms with Crippen molar-refractivity contribution in [2.45, 2.75) is 32.5 Å². The summed E-state index contributed by atoms with van der Waals surface area (Å²) in [5.74, 6) is -1.61. The molecule has 2 N–H and O–H groups in total. The molecular weight excluding hydrogens is 207 g/mol. The summed E-state index contributed by atoms with van der Waals surface area (Å²) < 4.78 is 39.2. The Balaban J connectivity index is 3.07. The van der Waals surface area contributed by atoms with E-state index >= 15 is 0 Å². The number of nitrogens with zero attached hydrogens (tertiary/aromatic N) is 2. The summed E-state index contributed by atoms with van der Waals surface area (Å²) in [6, 6.07) is 0. The lowest BCUT2D eigenvalue weighted by Gasteiger charge is -2.17. The van der Waals surface area contributed by atoms with Crippen LogP contribution in [0.4, 0.5) is 13.2 Å². The van der Waals surface area contributed by atoms with Crippen LogP contribution in [0.25, 0.3) is 0 Å². The van der Waals surface area contributed by atoms with E-state index in [0.717, 1.165) is 0 Å². The Morgan fingerprint density at radius 1 is 1.53 bits per heavy atom. The SMILES string of the molecule is CCn1cc(C(CN)C(F)(F)F)c(C)n1. The number of rotatable bonds is 3. The van der Waals surface area contributed by atoms with Crippen LogP contribution in [0, 0.1) is 6.92 Å². The van der Waals surface area contributed by atoms with Gasteiger partial charge in [0.15, 0.2) is 0 Å². The maximum absolute atomic E-state index is 12.6. The zero-order chi connectivity index (χ0) is 11.6. The first-order valence-electron chi connectivity index (χ1n) is 4.70. The molecule has 0 spiro atoms. The van der Waals surface area contributed by atoms with E-state index in [-0.39, 0.29) is 5.56 Å². The van der Waals surface area contributed by atoms with Crippen molar-refractivity contribution in [1.29, 1.82) is 0 Å². The van der Waals surface area contributed by atoms with Gasteiger partial charge in [0.05, 0.1) is 11.6 Å². The first-order valence-corrected chi connectivity index (χ1v) is 4.70. The van der Waals surface area contributed by atoms with Crippen molar-refractivity contribution < 1.29 is 13.2 Å². The van der Waals surface area contributed by atoms with Gasteiger partial charge in [-0.2, -0.15) is 18.3 Å². The van der Waals surface area contributed by atoms with Crippen LogP contribution >= 0.6 is 0 Å². The van der Waals surface area contributed by atoms with Gasteiger partial charge < -0.3 is 5.73 Å². The number of hydrogen-bond donors (Lipinski definition) is 1. The molecule has 0 aliphatic carbocycles. The van der Waals surface area contributed by atoms with Crippen molar-refractivity contribution in [2.75, 3.05) is 6.54 Å². The molecule has 0 bridgehead atoms. The summed E-state index contributed by atoms with van der Waals surface area (Å²) in [4.78, 5) is 0. The molecule has 1 rings (SSSR count). The molecule has 15 heavy (non-hydrogen) atoms. The number of hydrogen-bond acceptors (Lipinski definition) is 2. The largest absolute Gasteiger partial charge is 0.397 e. The average Bonchev–Trinajstić information content (AvgIpc) is 2.46. The average molecular weight is 221 g/mol. The van der Waals surface area contributed by atoms with Gasteiger partial charge in [0.25, 0.3) is 0 Å². The molecule has 0 aliphatic heterocycles. The van der Waals surface area contributed by atoms with E-state index in [4.69, 9.17) is 5.73 Å². The van der Waals surface area contributed by atoms with Gasteiger partial charge in [0.2, 0.25) is 0 Å². The first-order chi connectivity index (χ1) is 6.90. The predicted molar refractivity (Wildman–Crippen MR) is 50.5 cm³/mol. The monoisotopic (exact) mass is 221 g/mol. The summed E-state index contributed by atoms with van der Waals surface area (Å²) in [7, 11) is 0. The van der Waals surface area contributed by atoms with Crippen molar-refractivity contribution in [3.63, 3.8) is 0 Å². The van der Waals surface area contributed by atoms with E-state index < -0.39 is 18.6 Å². The van der Waals surface area contributed by atoms with Crippen molar-refractivity contribution in [1.82, 2.24) is 9.78 Å². The first kappa shape index (κ1) is 12.0. The van der Waals surface area contributed by atoms with Crippen LogP contribution in [0.2, 0.25) is 0 Å². The number of nitrogens with two attached hydrogens (primary N) is 1. The summed E-state index contributed by atoms with van der Waals surface area (Å²) in [5, 5.41) is 3.97. The Bertz CT molecular complexity index is 330. The minimum absolute atomic E-state index is 0.173. The number of aryl methyl sites for hydroxylation is 2. The lowest BCUT2D eigenvalue weighted by atomic mass is 10.00. The predicted octanol–water partition coefficient (Wildman–Crippen LogP) is 1.82. The number of halogens is 3. The molecule has 0 fully saturated rings. The van der Waals surface area contributed by atoms with E-state index in [1.807, 2.05) is 6.92 Å². The van der Waals surface area contributed by atoms with E-state index in [9.17, 15) is 13.2 Å². The van der Waals surface area contributed by atoms with Crippen molar-refractivity contribution >= 4 is 0 Å². The fourth-order valence-corrected chi connectivity index (χ4v) is 1.47. The second-order valence-electron chi connectivity index (χ2n) is 3.36. The van der Waals surface area contributed by atoms with E-state index in [1.54, 1.807) is 6.92 Å². The molecule has 86 valence electrons. The van der Waals surface area contributed by atoms with Crippen LogP contribution in [0.1, 0.15) is 24.1 Å². The second kappa shape index (κ2) is 4.22. The summed E-state index contributed by atoms with van der Waals surface area (Å²) >= 11 is 0. The van der Waals surface area contributed by atoms with Crippen LogP contribution in [0.5, 0.6) is 0 Å². The molecule has 0 amide bonds. The van der Waals surface area contributed by atoms with Crippen molar-refractivity contribution in [2.24, 2.45) is 5.73 Å². The van der Waals surface area contributed by atoms with Crippen LogP contribution < -0.4 is 5.73 Å². The Morgan fingerprint density at radius 2 is 2.13 bits per heavy atom.